The number of nitrogens with zero attached hydrogens (tertiary/aromatic N) is 1. The van der Waals surface area contributed by atoms with Gasteiger partial charge in [-0.25, -0.2) is 14.3 Å². The van der Waals surface area contributed by atoms with Crippen molar-refractivity contribution in [2.75, 3.05) is 11.5 Å². The molecule has 0 spiro atoms. The van der Waals surface area contributed by atoms with Gasteiger partial charge in [0.2, 0.25) is 5.91 Å². The van der Waals surface area contributed by atoms with Crippen molar-refractivity contribution in [3.63, 3.8) is 0 Å². The van der Waals surface area contributed by atoms with Gasteiger partial charge in [0.15, 0.2) is 9.84 Å². The molecule has 0 radical (unpaired) electrons. The fraction of sp³-hybridized carbons (Fsp3) is 0.273. The van der Waals surface area contributed by atoms with E-state index in [1.54, 1.807) is 29.7 Å². The van der Waals surface area contributed by atoms with E-state index < -0.39 is 27.3 Å². The van der Waals surface area contributed by atoms with Crippen molar-refractivity contribution < 1.29 is 18.4 Å². The maximum Gasteiger partial charge on any atom is 0.249 e. The first-order valence-electron chi connectivity index (χ1n) is 5.36. The van der Waals surface area contributed by atoms with Crippen LogP contribution in [-0.2, 0) is 14.6 Å². The predicted octanol–water partition coefficient (Wildman–Crippen LogP) is -0.422. The lowest BCUT2D eigenvalue weighted by Gasteiger charge is -2.06. The number of carbonyl (C=O) groups is 1. The molecule has 104 valence electrons. The molecule has 0 fully saturated rings. The standard InChI is InChI=1S/C11H15N3O4S/c1-8-2-4-9(5-3-8)10(14-16)6-19(17,18)7-11(15)13-12/h2-5,16H,6-7,12H2,1H3,(H,13,15)/b14-10-. The summed E-state index contributed by atoms with van der Waals surface area (Å²) >= 11 is 0. The molecule has 0 aromatic heterocycles. The highest BCUT2D eigenvalue weighted by molar-refractivity contribution is 7.92. The minimum Gasteiger partial charge on any atom is -0.411 e. The van der Waals surface area contributed by atoms with Gasteiger partial charge in [-0.15, -0.1) is 0 Å². The zero-order valence-corrected chi connectivity index (χ0v) is 11.1. The lowest BCUT2D eigenvalue weighted by atomic mass is 10.1. The molecule has 4 N–H and O–H groups in total. The lowest BCUT2D eigenvalue weighted by molar-refractivity contribution is -0.118. The van der Waals surface area contributed by atoms with Crippen molar-refractivity contribution in [3.05, 3.63) is 35.4 Å². The van der Waals surface area contributed by atoms with Crippen LogP contribution in [0.5, 0.6) is 0 Å². The van der Waals surface area contributed by atoms with Gasteiger partial charge in [0.05, 0.1) is 5.75 Å². The van der Waals surface area contributed by atoms with Crippen LogP contribution in [0, 0.1) is 6.92 Å². The largest absolute Gasteiger partial charge is 0.411 e. The highest BCUT2D eigenvalue weighted by Crippen LogP contribution is 2.07. The Labute approximate surface area is 111 Å². The fourth-order valence-electron chi connectivity index (χ4n) is 1.42. The number of benzene rings is 1. The average molecular weight is 285 g/mol. The molecule has 1 aromatic carbocycles. The third-order valence-electron chi connectivity index (χ3n) is 2.37. The molecule has 0 saturated carbocycles. The number of aryl methyl sites for hydroxylation is 1. The SMILES string of the molecule is Cc1ccc(/C(CS(=O)(=O)CC(=O)NN)=N\O)cc1. The molecule has 0 bridgehead atoms. The Kier molecular flexibility index (Phi) is 5.02. The van der Waals surface area contributed by atoms with Crippen molar-refractivity contribution in [2.24, 2.45) is 11.0 Å². The molecule has 0 aliphatic heterocycles. The maximum atomic E-state index is 11.7. The summed E-state index contributed by atoms with van der Waals surface area (Å²) in [6.45, 7) is 1.88. The van der Waals surface area contributed by atoms with Gasteiger partial charge in [-0.05, 0) is 6.92 Å². The summed E-state index contributed by atoms with van der Waals surface area (Å²) in [6, 6.07) is 6.81. The number of nitrogens with one attached hydrogen (secondary N) is 1. The van der Waals surface area contributed by atoms with Crippen molar-refractivity contribution >= 4 is 21.5 Å². The monoisotopic (exact) mass is 285 g/mol. The van der Waals surface area contributed by atoms with Crippen LogP contribution < -0.4 is 11.3 Å². The summed E-state index contributed by atoms with van der Waals surface area (Å²) in [7, 11) is -3.75. The van der Waals surface area contributed by atoms with E-state index in [4.69, 9.17) is 11.0 Å². The molecule has 0 aliphatic carbocycles. The summed E-state index contributed by atoms with van der Waals surface area (Å²) in [6.07, 6.45) is 0. The van der Waals surface area contributed by atoms with E-state index in [2.05, 4.69) is 5.16 Å². The van der Waals surface area contributed by atoms with Crippen LogP contribution in [0.15, 0.2) is 29.4 Å². The quantitative estimate of drug-likeness (QED) is 0.223. The Balaban J connectivity index is 2.89. The van der Waals surface area contributed by atoms with Crippen LogP contribution in [0.4, 0.5) is 0 Å². The second kappa shape index (κ2) is 6.30. The molecule has 0 heterocycles. The number of sulfone groups is 1. The minimum absolute atomic E-state index is 0.0233. The first-order valence-corrected chi connectivity index (χ1v) is 7.18. The van der Waals surface area contributed by atoms with Crippen LogP contribution in [0.25, 0.3) is 0 Å². The van der Waals surface area contributed by atoms with Crippen LogP contribution in [-0.4, -0.2) is 36.7 Å². The van der Waals surface area contributed by atoms with Crippen LogP contribution in [0.3, 0.4) is 0 Å². The Morgan fingerprint density at radius 2 is 1.89 bits per heavy atom. The van der Waals surface area contributed by atoms with Crippen LogP contribution >= 0.6 is 0 Å². The zero-order valence-electron chi connectivity index (χ0n) is 10.3. The highest BCUT2D eigenvalue weighted by atomic mass is 32.2. The first-order chi connectivity index (χ1) is 8.88. The van der Waals surface area contributed by atoms with E-state index in [1.807, 2.05) is 6.92 Å². The normalized spacial score (nSPS) is 12.2. The average Bonchev–Trinajstić information content (AvgIpc) is 2.36. The van der Waals surface area contributed by atoms with E-state index in [0.717, 1.165) is 5.56 Å². The second-order valence-corrected chi connectivity index (χ2v) is 6.08. The summed E-state index contributed by atoms with van der Waals surface area (Å²) in [5, 5.41) is 11.9. The number of oxime groups is 1. The molecule has 1 rings (SSSR count). The van der Waals surface area contributed by atoms with Gasteiger partial charge in [0.25, 0.3) is 0 Å². The molecule has 1 aromatic rings. The summed E-state index contributed by atoms with van der Waals surface area (Å²) in [4.78, 5) is 11.0. The number of hydrogen-bond donors (Lipinski definition) is 3. The van der Waals surface area contributed by atoms with Gasteiger partial charge in [-0.1, -0.05) is 35.0 Å². The molecule has 0 atom stereocenters. The highest BCUT2D eigenvalue weighted by Gasteiger charge is 2.20. The van der Waals surface area contributed by atoms with Gasteiger partial charge in [-0.2, -0.15) is 0 Å². The second-order valence-electron chi connectivity index (χ2n) is 4.01. The Bertz CT molecular complexity index is 578. The van der Waals surface area contributed by atoms with E-state index >= 15 is 0 Å². The van der Waals surface area contributed by atoms with Crippen LogP contribution in [0.1, 0.15) is 11.1 Å². The van der Waals surface area contributed by atoms with Gasteiger partial charge < -0.3 is 5.21 Å². The van der Waals surface area contributed by atoms with Crippen LogP contribution in [0.2, 0.25) is 0 Å². The molecule has 19 heavy (non-hydrogen) atoms. The van der Waals surface area contributed by atoms with Crippen molar-refractivity contribution in [3.8, 4) is 0 Å². The zero-order chi connectivity index (χ0) is 14.5. The third kappa shape index (κ3) is 4.68. The molecule has 0 unspecified atom stereocenters. The minimum atomic E-state index is -3.75. The molecule has 7 nitrogen and oxygen atoms in total. The summed E-state index contributed by atoms with van der Waals surface area (Å²) in [5.41, 5.74) is 3.18. The molecular weight excluding hydrogens is 270 g/mol. The maximum absolute atomic E-state index is 11.7. The van der Waals surface area contributed by atoms with Gasteiger partial charge in [-0.3, -0.25) is 10.2 Å². The molecule has 8 heteroatoms. The molecule has 1 amide bonds. The molecule has 0 saturated heterocycles. The Morgan fingerprint density at radius 1 is 1.32 bits per heavy atom. The van der Waals surface area contributed by atoms with Crippen molar-refractivity contribution in [2.45, 2.75) is 6.92 Å². The van der Waals surface area contributed by atoms with E-state index in [0.29, 0.717) is 5.56 Å². The number of hydrazine groups is 1. The topological polar surface area (TPSA) is 122 Å². The number of rotatable bonds is 5. The number of nitrogens with two attached hydrogens (primary N) is 1. The number of hydrogen-bond acceptors (Lipinski definition) is 6. The van der Waals surface area contributed by atoms with Crippen molar-refractivity contribution in [1.29, 1.82) is 0 Å². The molecular formula is C11H15N3O4S. The fourth-order valence-corrected chi connectivity index (χ4v) is 2.64. The first kappa shape index (κ1) is 15.1. The van der Waals surface area contributed by atoms with E-state index in [-0.39, 0.29) is 5.71 Å². The number of carbonyl (C=O) groups excluding carboxylic acids is 1. The third-order valence-corrected chi connectivity index (χ3v) is 3.79. The summed E-state index contributed by atoms with van der Waals surface area (Å²) < 4.78 is 23.4. The Morgan fingerprint density at radius 3 is 2.37 bits per heavy atom. The smallest absolute Gasteiger partial charge is 0.249 e. The predicted molar refractivity (Wildman–Crippen MR) is 70.5 cm³/mol. The van der Waals surface area contributed by atoms with Gasteiger partial charge >= 0.3 is 0 Å². The van der Waals surface area contributed by atoms with Crippen molar-refractivity contribution in [1.82, 2.24) is 5.43 Å². The Hall–Kier alpha value is -1.93. The summed E-state index contributed by atoms with van der Waals surface area (Å²) in [5.74, 6) is 2.71. The lowest BCUT2D eigenvalue weighted by Crippen LogP contribution is -2.37. The molecule has 0 aliphatic rings. The van der Waals surface area contributed by atoms with Gasteiger partial charge in [0, 0.05) is 5.56 Å². The van der Waals surface area contributed by atoms with Gasteiger partial charge in [0.1, 0.15) is 11.5 Å². The number of amides is 1. The van der Waals surface area contributed by atoms with E-state index in [9.17, 15) is 13.2 Å². The van der Waals surface area contributed by atoms with E-state index in [1.165, 1.54) is 0 Å².